The van der Waals surface area contributed by atoms with Crippen molar-refractivity contribution in [3.05, 3.63) is 58.2 Å². The van der Waals surface area contributed by atoms with Gasteiger partial charge in [0.15, 0.2) is 5.78 Å². The Labute approximate surface area is 172 Å². The molecule has 1 saturated carbocycles. The molecule has 1 fully saturated rings. The van der Waals surface area contributed by atoms with E-state index in [-0.39, 0.29) is 40.9 Å². The number of nitrogens with one attached hydrogen (secondary N) is 1. The second kappa shape index (κ2) is 7.87. The second-order valence-corrected chi connectivity index (χ2v) is 8.54. The van der Waals surface area contributed by atoms with Gasteiger partial charge >= 0.3 is 0 Å². The predicted octanol–water partition coefficient (Wildman–Crippen LogP) is 2.77. The third kappa shape index (κ3) is 3.62. The van der Waals surface area contributed by atoms with Crippen LogP contribution < -0.4 is 5.32 Å². The molecule has 0 radical (unpaired) electrons. The van der Waals surface area contributed by atoms with Crippen LogP contribution in [0, 0.1) is 29.4 Å². The van der Waals surface area contributed by atoms with Gasteiger partial charge in [0.05, 0.1) is 5.57 Å². The standard InChI is InChI=1S/C23H23F2NO4/c1-11-2-3-12-7-14-8-17(21(28)22(29)19(14)20(27)16(12)6-11)23(30)26-10-13-4-5-15(24)9-18(13)25/h4-5,8-9,11-12,16,22,29H,2-3,6-7,10H2,1H3,(H,26,30)/t11-,12-,16?,22?/m1/s1. The Hall–Kier alpha value is -2.67. The zero-order valence-corrected chi connectivity index (χ0v) is 16.6. The van der Waals surface area contributed by atoms with E-state index in [0.717, 1.165) is 25.3 Å². The lowest BCUT2D eigenvalue weighted by atomic mass is 9.63. The van der Waals surface area contributed by atoms with Gasteiger partial charge in [-0.15, -0.1) is 0 Å². The largest absolute Gasteiger partial charge is 0.380 e. The van der Waals surface area contributed by atoms with Gasteiger partial charge in [-0.3, -0.25) is 14.4 Å². The van der Waals surface area contributed by atoms with Crippen molar-refractivity contribution in [3.63, 3.8) is 0 Å². The first kappa shape index (κ1) is 20.6. The Morgan fingerprint density at radius 3 is 2.70 bits per heavy atom. The van der Waals surface area contributed by atoms with Crippen molar-refractivity contribution in [2.24, 2.45) is 17.8 Å². The second-order valence-electron chi connectivity index (χ2n) is 8.54. The highest BCUT2D eigenvalue weighted by Gasteiger charge is 2.45. The zero-order valence-electron chi connectivity index (χ0n) is 16.6. The van der Waals surface area contributed by atoms with Crippen molar-refractivity contribution in [1.29, 1.82) is 0 Å². The first-order valence-corrected chi connectivity index (χ1v) is 10.2. The summed E-state index contributed by atoms with van der Waals surface area (Å²) in [6.07, 6.45) is 2.97. The summed E-state index contributed by atoms with van der Waals surface area (Å²) in [5, 5.41) is 13.0. The van der Waals surface area contributed by atoms with Crippen LogP contribution in [0.4, 0.5) is 8.78 Å². The number of carbonyl (C=O) groups excluding carboxylic acids is 3. The maximum absolute atomic E-state index is 13.8. The topological polar surface area (TPSA) is 83.5 Å². The van der Waals surface area contributed by atoms with Crippen molar-refractivity contribution in [3.8, 4) is 0 Å². The molecule has 3 aliphatic rings. The molecule has 0 aliphatic heterocycles. The van der Waals surface area contributed by atoms with E-state index >= 15 is 0 Å². The molecule has 30 heavy (non-hydrogen) atoms. The molecule has 5 nitrogen and oxygen atoms in total. The molecule has 3 aliphatic carbocycles. The number of hydrogen-bond acceptors (Lipinski definition) is 4. The molecule has 4 rings (SSSR count). The molecular weight excluding hydrogens is 392 g/mol. The van der Waals surface area contributed by atoms with Crippen molar-refractivity contribution < 1.29 is 28.3 Å². The van der Waals surface area contributed by atoms with E-state index in [4.69, 9.17) is 0 Å². The molecule has 7 heteroatoms. The predicted molar refractivity (Wildman–Crippen MR) is 104 cm³/mol. The van der Waals surface area contributed by atoms with Gasteiger partial charge in [-0.2, -0.15) is 0 Å². The number of carbonyl (C=O) groups is 3. The van der Waals surface area contributed by atoms with Crippen LogP contribution in [0.25, 0.3) is 0 Å². The van der Waals surface area contributed by atoms with Gasteiger partial charge in [-0.1, -0.05) is 19.4 Å². The van der Waals surface area contributed by atoms with Crippen molar-refractivity contribution in [2.45, 2.75) is 45.3 Å². The number of ketones is 2. The Morgan fingerprint density at radius 2 is 1.97 bits per heavy atom. The fourth-order valence-corrected chi connectivity index (χ4v) is 4.84. The smallest absolute Gasteiger partial charge is 0.255 e. The molecule has 0 saturated heterocycles. The average Bonchev–Trinajstić information content (AvgIpc) is 2.70. The number of allylic oxidation sites excluding steroid dienone is 2. The SMILES string of the molecule is C[C@@H]1CC[C@@H]2CC3=C(C(=O)C2C1)C(O)C(=O)C(C(=O)NCc1ccc(F)cc1F)=C3. The minimum Gasteiger partial charge on any atom is -0.380 e. The van der Waals surface area contributed by atoms with Crippen molar-refractivity contribution >= 4 is 17.5 Å². The van der Waals surface area contributed by atoms with Crippen LogP contribution >= 0.6 is 0 Å². The molecule has 0 heterocycles. The van der Waals surface area contributed by atoms with Crippen molar-refractivity contribution in [2.75, 3.05) is 0 Å². The van der Waals surface area contributed by atoms with Crippen molar-refractivity contribution in [1.82, 2.24) is 5.32 Å². The summed E-state index contributed by atoms with van der Waals surface area (Å²) >= 11 is 0. The molecule has 4 atom stereocenters. The quantitative estimate of drug-likeness (QED) is 0.744. The highest BCUT2D eigenvalue weighted by Crippen LogP contribution is 2.45. The fourth-order valence-electron chi connectivity index (χ4n) is 4.84. The lowest BCUT2D eigenvalue weighted by Crippen LogP contribution is -2.44. The monoisotopic (exact) mass is 415 g/mol. The van der Waals surface area contributed by atoms with Gasteiger partial charge in [0.1, 0.15) is 17.7 Å². The van der Waals surface area contributed by atoms with E-state index < -0.39 is 29.4 Å². The number of aliphatic hydroxyl groups excluding tert-OH is 1. The summed E-state index contributed by atoms with van der Waals surface area (Å²) in [6, 6.07) is 3.00. The Bertz CT molecular complexity index is 997. The first-order valence-electron chi connectivity index (χ1n) is 10.2. The lowest BCUT2D eigenvalue weighted by molar-refractivity contribution is -0.131. The molecule has 2 unspecified atom stereocenters. The highest BCUT2D eigenvalue weighted by molar-refractivity contribution is 6.25. The first-order chi connectivity index (χ1) is 14.3. The molecule has 2 N–H and O–H groups in total. The Balaban J connectivity index is 1.56. The summed E-state index contributed by atoms with van der Waals surface area (Å²) in [7, 11) is 0. The third-order valence-electron chi connectivity index (χ3n) is 6.49. The van der Waals surface area contributed by atoms with Gasteiger partial charge in [-0.05, 0) is 48.8 Å². The van der Waals surface area contributed by atoms with E-state index in [0.29, 0.717) is 24.0 Å². The number of amides is 1. The summed E-state index contributed by atoms with van der Waals surface area (Å²) in [4.78, 5) is 38.2. The summed E-state index contributed by atoms with van der Waals surface area (Å²) in [6.45, 7) is 1.86. The van der Waals surface area contributed by atoms with Gasteiger partial charge in [0.2, 0.25) is 5.78 Å². The summed E-state index contributed by atoms with van der Waals surface area (Å²) in [5.41, 5.74) is 0.484. The van der Waals surface area contributed by atoms with Crippen LogP contribution in [0.2, 0.25) is 0 Å². The molecule has 1 amide bonds. The van der Waals surface area contributed by atoms with Crippen LogP contribution in [-0.2, 0) is 20.9 Å². The van der Waals surface area contributed by atoms with E-state index in [1.165, 1.54) is 12.1 Å². The number of hydrogen-bond donors (Lipinski definition) is 2. The maximum atomic E-state index is 13.8. The maximum Gasteiger partial charge on any atom is 0.255 e. The number of fused-ring (bicyclic) bond motifs is 1. The Kier molecular flexibility index (Phi) is 5.40. The molecule has 0 spiro atoms. The summed E-state index contributed by atoms with van der Waals surface area (Å²) < 4.78 is 26.8. The van der Waals surface area contributed by atoms with Crippen LogP contribution in [0.5, 0.6) is 0 Å². The molecular formula is C23H23F2NO4. The molecule has 0 bridgehead atoms. The number of aliphatic hydroxyl groups is 1. The highest BCUT2D eigenvalue weighted by atomic mass is 19.1. The van der Waals surface area contributed by atoms with Gasteiger partial charge < -0.3 is 10.4 Å². The van der Waals surface area contributed by atoms with Gasteiger partial charge in [0, 0.05) is 29.7 Å². The molecule has 158 valence electrons. The van der Waals surface area contributed by atoms with Gasteiger partial charge in [0.25, 0.3) is 5.91 Å². The van der Waals surface area contributed by atoms with E-state index in [1.807, 2.05) is 0 Å². The number of benzene rings is 1. The van der Waals surface area contributed by atoms with E-state index in [1.54, 1.807) is 0 Å². The number of halogens is 2. The minimum absolute atomic E-state index is 0.0704. The molecule has 1 aromatic rings. The number of Topliss-reactive ketones (excluding diaryl/α,β-unsaturated/α-hetero) is 2. The molecule has 1 aromatic carbocycles. The normalized spacial score (nSPS) is 28.6. The van der Waals surface area contributed by atoms with E-state index in [9.17, 15) is 28.3 Å². The van der Waals surface area contributed by atoms with Crippen LogP contribution in [0.1, 0.15) is 38.2 Å². The zero-order chi connectivity index (χ0) is 21.6. The van der Waals surface area contributed by atoms with Crippen LogP contribution in [-0.4, -0.2) is 28.7 Å². The minimum atomic E-state index is -1.65. The van der Waals surface area contributed by atoms with Gasteiger partial charge in [-0.25, -0.2) is 8.78 Å². The van der Waals surface area contributed by atoms with Crippen LogP contribution in [0.3, 0.4) is 0 Å². The fraction of sp³-hybridized carbons (Fsp3) is 0.435. The number of rotatable bonds is 3. The summed E-state index contributed by atoms with van der Waals surface area (Å²) in [5.74, 6) is -2.91. The third-order valence-corrected chi connectivity index (χ3v) is 6.49. The average molecular weight is 415 g/mol. The lowest BCUT2D eigenvalue weighted by Gasteiger charge is -2.40. The van der Waals surface area contributed by atoms with Crippen LogP contribution in [0.15, 0.2) is 41.0 Å². The molecule has 0 aromatic heterocycles. The Morgan fingerprint density at radius 1 is 1.20 bits per heavy atom. The van der Waals surface area contributed by atoms with E-state index in [2.05, 4.69) is 12.2 Å².